The van der Waals surface area contributed by atoms with E-state index in [1.54, 1.807) is 49.4 Å². The highest BCUT2D eigenvalue weighted by Crippen LogP contribution is 2.57. The van der Waals surface area contributed by atoms with Crippen molar-refractivity contribution in [2.24, 2.45) is 17.8 Å². The first kappa shape index (κ1) is 19.3. The van der Waals surface area contributed by atoms with E-state index in [1.807, 2.05) is 6.07 Å². The molecule has 0 spiro atoms. The first-order valence-electron chi connectivity index (χ1n) is 10.8. The Kier molecular flexibility index (Phi) is 4.66. The van der Waals surface area contributed by atoms with Crippen LogP contribution in [0.2, 0.25) is 0 Å². The van der Waals surface area contributed by atoms with Crippen LogP contribution in [0.25, 0.3) is 0 Å². The summed E-state index contributed by atoms with van der Waals surface area (Å²) in [5.74, 6) is 1.17. The molecule has 0 aromatic heterocycles. The number of carbonyl (C=O) groups excluding carboxylic acids is 2. The van der Waals surface area contributed by atoms with Gasteiger partial charge in [-0.15, -0.1) is 0 Å². The molecule has 156 valence electrons. The number of ether oxygens (including phenoxy) is 1. The third-order valence-corrected chi connectivity index (χ3v) is 7.18. The molecule has 4 saturated carbocycles. The Morgan fingerprint density at radius 1 is 0.933 bits per heavy atom. The maximum absolute atomic E-state index is 13.0. The van der Waals surface area contributed by atoms with E-state index >= 15 is 0 Å². The largest absolute Gasteiger partial charge is 0.455 e. The van der Waals surface area contributed by atoms with Crippen LogP contribution >= 0.6 is 0 Å². The van der Waals surface area contributed by atoms with Crippen molar-refractivity contribution in [3.8, 4) is 0 Å². The number of hydrogen-bond acceptors (Lipinski definition) is 4. The lowest BCUT2D eigenvalue weighted by atomic mass is 9.54. The topological polar surface area (TPSA) is 66.8 Å². The quantitative estimate of drug-likeness (QED) is 0.434. The van der Waals surface area contributed by atoms with Gasteiger partial charge in [-0.2, -0.15) is 5.06 Å². The van der Waals surface area contributed by atoms with E-state index in [-0.39, 0.29) is 11.6 Å². The molecule has 2 aromatic carbocycles. The number of hydroxylamine groups is 1. The molecule has 4 aliphatic rings. The summed E-state index contributed by atoms with van der Waals surface area (Å²) in [6.45, 7) is 1.80. The molecule has 4 fully saturated rings. The highest BCUT2D eigenvalue weighted by atomic mass is 16.6. The lowest BCUT2D eigenvalue weighted by Gasteiger charge is -2.55. The van der Waals surface area contributed by atoms with E-state index < -0.39 is 5.91 Å². The molecule has 0 heterocycles. The van der Waals surface area contributed by atoms with Gasteiger partial charge < -0.3 is 4.74 Å². The van der Waals surface area contributed by atoms with E-state index in [1.165, 1.54) is 19.3 Å². The summed E-state index contributed by atoms with van der Waals surface area (Å²) in [5, 5.41) is 11.2. The van der Waals surface area contributed by atoms with E-state index in [9.17, 15) is 14.8 Å². The zero-order valence-corrected chi connectivity index (χ0v) is 17.2. The third kappa shape index (κ3) is 3.41. The van der Waals surface area contributed by atoms with Crippen LogP contribution in [0.3, 0.4) is 0 Å². The van der Waals surface area contributed by atoms with E-state index in [2.05, 4.69) is 0 Å². The number of esters is 1. The van der Waals surface area contributed by atoms with E-state index in [0.29, 0.717) is 45.2 Å². The lowest BCUT2D eigenvalue weighted by Crippen LogP contribution is -2.52. The fourth-order valence-corrected chi connectivity index (χ4v) is 6.19. The first-order chi connectivity index (χ1) is 14.4. The zero-order valence-electron chi connectivity index (χ0n) is 17.2. The molecule has 0 aliphatic heterocycles. The number of anilines is 1. The summed E-state index contributed by atoms with van der Waals surface area (Å²) >= 11 is 0. The van der Waals surface area contributed by atoms with Gasteiger partial charge in [0.25, 0.3) is 5.91 Å². The molecule has 6 rings (SSSR count). The standard InChI is InChI=1S/C25H27NO4/c1-16-7-8-21(12-22(16)26(29)23(27)20-5-3-2-4-6-20)24(28)30-25-13-17-9-18(14-25)11-19(10-17)15-25/h2-8,12,17-19,29H,9-11,13-15H2,1H3. The normalized spacial score (nSPS) is 28.9. The molecular formula is C25H27NO4. The minimum Gasteiger partial charge on any atom is -0.455 e. The summed E-state index contributed by atoms with van der Waals surface area (Å²) in [6, 6.07) is 13.6. The number of aryl methyl sites for hydroxylation is 1. The number of carbonyl (C=O) groups is 2. The maximum Gasteiger partial charge on any atom is 0.338 e. The van der Waals surface area contributed by atoms with Crippen LogP contribution in [0.4, 0.5) is 5.69 Å². The molecule has 2 aromatic rings. The monoisotopic (exact) mass is 405 g/mol. The van der Waals surface area contributed by atoms with Gasteiger partial charge in [-0.25, -0.2) is 4.79 Å². The Bertz CT molecular complexity index is 949. The Hall–Kier alpha value is -2.66. The molecule has 0 saturated heterocycles. The van der Waals surface area contributed by atoms with Gasteiger partial charge in [-0.1, -0.05) is 24.3 Å². The fraction of sp³-hybridized carbons (Fsp3) is 0.440. The average molecular weight is 405 g/mol. The Morgan fingerprint density at radius 3 is 2.13 bits per heavy atom. The molecule has 30 heavy (non-hydrogen) atoms. The van der Waals surface area contributed by atoms with Crippen molar-refractivity contribution in [2.45, 2.75) is 51.0 Å². The molecule has 1 N–H and O–H groups in total. The Labute approximate surface area is 176 Å². The van der Waals surface area contributed by atoms with Crippen LogP contribution in [0.15, 0.2) is 48.5 Å². The fourth-order valence-electron chi connectivity index (χ4n) is 6.19. The summed E-state index contributed by atoms with van der Waals surface area (Å²) in [5.41, 5.74) is 1.42. The molecule has 4 bridgehead atoms. The predicted molar refractivity (Wildman–Crippen MR) is 113 cm³/mol. The number of rotatable bonds is 4. The van der Waals surface area contributed by atoms with Gasteiger partial charge in [-0.05, 0) is 93.0 Å². The molecule has 1 amide bonds. The summed E-state index contributed by atoms with van der Waals surface area (Å²) in [4.78, 5) is 25.7. The summed E-state index contributed by atoms with van der Waals surface area (Å²) in [6.07, 6.45) is 6.78. The predicted octanol–water partition coefficient (Wildman–Crippen LogP) is 5.16. The van der Waals surface area contributed by atoms with Gasteiger partial charge in [0.05, 0.1) is 11.3 Å². The Morgan fingerprint density at radius 2 is 1.53 bits per heavy atom. The van der Waals surface area contributed by atoms with Crippen LogP contribution in [0.5, 0.6) is 0 Å². The number of nitrogens with zero attached hydrogens (tertiary/aromatic N) is 1. The van der Waals surface area contributed by atoms with Crippen LogP contribution in [0.1, 0.15) is 64.8 Å². The van der Waals surface area contributed by atoms with Crippen molar-refractivity contribution in [3.63, 3.8) is 0 Å². The van der Waals surface area contributed by atoms with Gasteiger partial charge in [0.2, 0.25) is 0 Å². The molecule has 0 unspecified atom stereocenters. The molecular weight excluding hydrogens is 378 g/mol. The van der Waals surface area contributed by atoms with E-state index in [4.69, 9.17) is 4.74 Å². The SMILES string of the molecule is Cc1ccc(C(=O)OC23CC4CC(CC(C4)C2)C3)cc1N(O)C(=O)c1ccccc1. The highest BCUT2D eigenvalue weighted by Gasteiger charge is 2.53. The minimum atomic E-state index is -0.537. The van der Waals surface area contributed by atoms with Crippen molar-refractivity contribution in [1.82, 2.24) is 0 Å². The third-order valence-electron chi connectivity index (χ3n) is 7.18. The number of hydrogen-bond donors (Lipinski definition) is 1. The number of amides is 1. The lowest BCUT2D eigenvalue weighted by molar-refractivity contribution is -0.131. The van der Waals surface area contributed by atoms with Crippen molar-refractivity contribution in [2.75, 3.05) is 5.06 Å². The van der Waals surface area contributed by atoms with Crippen LogP contribution in [-0.2, 0) is 4.74 Å². The second-order valence-corrected chi connectivity index (χ2v) is 9.47. The van der Waals surface area contributed by atoms with Crippen LogP contribution in [-0.4, -0.2) is 22.7 Å². The Balaban J connectivity index is 1.37. The van der Waals surface area contributed by atoms with E-state index in [0.717, 1.165) is 19.3 Å². The van der Waals surface area contributed by atoms with Crippen LogP contribution < -0.4 is 5.06 Å². The zero-order chi connectivity index (χ0) is 20.9. The molecule has 5 nitrogen and oxygen atoms in total. The maximum atomic E-state index is 13.0. The second kappa shape index (κ2) is 7.24. The van der Waals surface area contributed by atoms with Crippen molar-refractivity contribution >= 4 is 17.6 Å². The van der Waals surface area contributed by atoms with Gasteiger partial charge in [-0.3, -0.25) is 10.0 Å². The smallest absolute Gasteiger partial charge is 0.338 e. The molecule has 0 atom stereocenters. The molecule has 4 aliphatic carbocycles. The molecule has 5 heteroatoms. The second-order valence-electron chi connectivity index (χ2n) is 9.47. The van der Waals surface area contributed by atoms with Gasteiger partial charge in [0, 0.05) is 5.56 Å². The number of benzene rings is 2. The molecule has 0 radical (unpaired) electrons. The minimum absolute atomic E-state index is 0.295. The highest BCUT2D eigenvalue weighted by molar-refractivity contribution is 6.05. The van der Waals surface area contributed by atoms with Crippen molar-refractivity contribution in [1.29, 1.82) is 0 Å². The van der Waals surface area contributed by atoms with Crippen LogP contribution in [0, 0.1) is 24.7 Å². The van der Waals surface area contributed by atoms with Gasteiger partial charge in [0.1, 0.15) is 5.60 Å². The average Bonchev–Trinajstić information content (AvgIpc) is 2.72. The first-order valence-corrected chi connectivity index (χ1v) is 10.8. The van der Waals surface area contributed by atoms with Gasteiger partial charge >= 0.3 is 5.97 Å². The van der Waals surface area contributed by atoms with Gasteiger partial charge in [0.15, 0.2) is 0 Å². The van der Waals surface area contributed by atoms with Crippen molar-refractivity contribution in [3.05, 3.63) is 65.2 Å². The summed E-state index contributed by atoms with van der Waals surface area (Å²) in [7, 11) is 0. The van der Waals surface area contributed by atoms with Crippen molar-refractivity contribution < 1.29 is 19.5 Å². The summed E-state index contributed by atoms with van der Waals surface area (Å²) < 4.78 is 6.13.